The molecule has 72 valence electrons. The molecule has 0 spiro atoms. The summed E-state index contributed by atoms with van der Waals surface area (Å²) in [5.74, 6) is -1.02. The highest BCUT2D eigenvalue weighted by atomic mass is 32.2. The summed E-state index contributed by atoms with van der Waals surface area (Å²) < 4.78 is 0. The van der Waals surface area contributed by atoms with Crippen molar-refractivity contribution in [2.24, 2.45) is 0 Å². The molecule has 0 aliphatic rings. The highest BCUT2D eigenvalue weighted by Crippen LogP contribution is 2.20. The predicted molar refractivity (Wildman–Crippen MR) is 52.0 cm³/mol. The maximum Gasteiger partial charge on any atom is 0.339 e. The number of carboxylic acid groups (broad SMARTS) is 1. The summed E-state index contributed by atoms with van der Waals surface area (Å²) in [6.45, 7) is 0. The molecule has 0 aliphatic heterocycles. The Morgan fingerprint density at radius 3 is 2.86 bits per heavy atom. The second-order valence-corrected chi connectivity index (χ2v) is 3.30. The summed E-state index contributed by atoms with van der Waals surface area (Å²) in [6, 6.07) is 4.27. The van der Waals surface area contributed by atoms with Crippen molar-refractivity contribution in [2.45, 2.75) is 5.75 Å². The van der Waals surface area contributed by atoms with Gasteiger partial charge in [-0.2, -0.15) is 5.26 Å². The minimum atomic E-state index is -1.17. The molecule has 14 heavy (non-hydrogen) atoms. The number of thioether (sulfide) groups is 1. The van der Waals surface area contributed by atoms with Crippen molar-refractivity contribution < 1.29 is 15.0 Å². The van der Waals surface area contributed by atoms with Gasteiger partial charge in [-0.15, -0.1) is 0 Å². The molecule has 0 atom stereocenters. The fraction of sp³-hybridized carbons (Fsp3) is 0.111. The van der Waals surface area contributed by atoms with Gasteiger partial charge < -0.3 is 10.2 Å². The van der Waals surface area contributed by atoms with Crippen LogP contribution in [0.3, 0.4) is 0 Å². The normalized spacial score (nSPS) is 9.36. The number of hydrogen-bond acceptors (Lipinski definition) is 4. The third-order valence-corrected chi connectivity index (χ3v) is 2.20. The van der Waals surface area contributed by atoms with Crippen molar-refractivity contribution in [1.82, 2.24) is 0 Å². The molecule has 0 aromatic heterocycles. The fourth-order valence-corrected chi connectivity index (χ4v) is 1.37. The summed E-state index contributed by atoms with van der Waals surface area (Å²) >= 11 is 1.02. The standard InChI is InChI=1S/C9H7NO3S/c10-5-14-4-6-1-2-8(11)7(3-6)9(12)13/h1-3,11H,4H2,(H,12,13). The molecule has 1 rings (SSSR count). The van der Waals surface area contributed by atoms with Gasteiger partial charge in [-0.25, -0.2) is 4.79 Å². The van der Waals surface area contributed by atoms with Crippen LogP contribution < -0.4 is 0 Å². The topological polar surface area (TPSA) is 81.3 Å². The van der Waals surface area contributed by atoms with E-state index in [0.717, 1.165) is 11.8 Å². The minimum Gasteiger partial charge on any atom is -0.507 e. The number of phenols is 1. The lowest BCUT2D eigenvalue weighted by Gasteiger charge is -2.01. The molecule has 0 unspecified atom stereocenters. The van der Waals surface area contributed by atoms with Gasteiger partial charge in [0.15, 0.2) is 0 Å². The first kappa shape index (κ1) is 10.4. The predicted octanol–water partition coefficient (Wildman–Crippen LogP) is 1.80. The van der Waals surface area contributed by atoms with Crippen LogP contribution >= 0.6 is 11.8 Å². The number of rotatable bonds is 3. The number of nitrogens with zero attached hydrogens (tertiary/aromatic N) is 1. The van der Waals surface area contributed by atoms with Crippen LogP contribution in [-0.2, 0) is 5.75 Å². The molecule has 0 amide bonds. The fourth-order valence-electron chi connectivity index (χ4n) is 0.960. The average Bonchev–Trinajstić information content (AvgIpc) is 2.16. The van der Waals surface area contributed by atoms with Crippen molar-refractivity contribution in [1.29, 1.82) is 5.26 Å². The second kappa shape index (κ2) is 4.53. The number of thiocyanates is 1. The molecule has 0 aliphatic carbocycles. The lowest BCUT2D eigenvalue weighted by atomic mass is 10.1. The second-order valence-electron chi connectivity index (χ2n) is 2.54. The van der Waals surface area contributed by atoms with Crippen LogP contribution in [0.4, 0.5) is 0 Å². The zero-order valence-electron chi connectivity index (χ0n) is 7.10. The number of benzene rings is 1. The summed E-state index contributed by atoms with van der Waals surface area (Å²) in [6.07, 6.45) is 0. The van der Waals surface area contributed by atoms with Crippen LogP contribution in [0.25, 0.3) is 0 Å². The molecule has 0 fully saturated rings. The Kier molecular flexibility index (Phi) is 3.37. The lowest BCUT2D eigenvalue weighted by Crippen LogP contribution is -1.97. The van der Waals surface area contributed by atoms with Gasteiger partial charge in [0.05, 0.1) is 0 Å². The zero-order valence-corrected chi connectivity index (χ0v) is 7.91. The van der Waals surface area contributed by atoms with E-state index in [0.29, 0.717) is 11.3 Å². The largest absolute Gasteiger partial charge is 0.507 e. The number of aromatic carboxylic acids is 1. The van der Waals surface area contributed by atoms with E-state index in [9.17, 15) is 9.90 Å². The third-order valence-electron chi connectivity index (χ3n) is 1.59. The van der Waals surface area contributed by atoms with Gasteiger partial charge in [0.25, 0.3) is 0 Å². The number of carbonyl (C=O) groups is 1. The quantitative estimate of drug-likeness (QED) is 0.742. The highest BCUT2D eigenvalue weighted by Gasteiger charge is 2.09. The number of aromatic hydroxyl groups is 1. The monoisotopic (exact) mass is 209 g/mol. The first-order valence-corrected chi connectivity index (χ1v) is 4.69. The van der Waals surface area contributed by atoms with Gasteiger partial charge in [-0.05, 0) is 29.5 Å². The molecule has 0 radical (unpaired) electrons. The Labute approximate surface area is 84.8 Å². The Morgan fingerprint density at radius 2 is 2.29 bits per heavy atom. The van der Waals surface area contributed by atoms with E-state index < -0.39 is 5.97 Å². The van der Waals surface area contributed by atoms with Gasteiger partial charge in [0.2, 0.25) is 0 Å². The van der Waals surface area contributed by atoms with Gasteiger partial charge in [-0.3, -0.25) is 0 Å². The van der Waals surface area contributed by atoms with Crippen LogP contribution in [0.2, 0.25) is 0 Å². The minimum absolute atomic E-state index is 0.138. The smallest absolute Gasteiger partial charge is 0.339 e. The van der Waals surface area contributed by atoms with Crippen molar-refractivity contribution in [3.05, 3.63) is 29.3 Å². The van der Waals surface area contributed by atoms with E-state index in [1.165, 1.54) is 12.1 Å². The highest BCUT2D eigenvalue weighted by molar-refractivity contribution is 8.02. The van der Waals surface area contributed by atoms with Crippen LogP contribution in [0, 0.1) is 10.7 Å². The van der Waals surface area contributed by atoms with E-state index in [2.05, 4.69) is 0 Å². The molecule has 1 aromatic carbocycles. The summed E-state index contributed by atoms with van der Waals surface area (Å²) in [7, 11) is 0. The molecule has 4 nitrogen and oxygen atoms in total. The molecule has 0 saturated carbocycles. The Bertz CT molecular complexity index is 398. The van der Waals surface area contributed by atoms with Crippen LogP contribution in [-0.4, -0.2) is 16.2 Å². The molecule has 1 aromatic rings. The number of hydrogen-bond donors (Lipinski definition) is 2. The Hall–Kier alpha value is -1.67. The molecular weight excluding hydrogens is 202 g/mol. The van der Waals surface area contributed by atoms with E-state index in [1.807, 2.05) is 5.40 Å². The SMILES string of the molecule is N#CSCc1ccc(O)c(C(=O)O)c1. The lowest BCUT2D eigenvalue weighted by molar-refractivity contribution is 0.0693. The van der Waals surface area contributed by atoms with Crippen molar-refractivity contribution >= 4 is 17.7 Å². The Morgan fingerprint density at radius 1 is 1.57 bits per heavy atom. The van der Waals surface area contributed by atoms with Crippen LogP contribution in [0.5, 0.6) is 5.75 Å². The molecule has 2 N–H and O–H groups in total. The summed E-state index contributed by atoms with van der Waals surface area (Å²) in [4.78, 5) is 10.6. The summed E-state index contributed by atoms with van der Waals surface area (Å²) in [5.41, 5.74) is 0.563. The van der Waals surface area contributed by atoms with Gasteiger partial charge in [0.1, 0.15) is 16.7 Å². The maximum absolute atomic E-state index is 10.6. The van der Waals surface area contributed by atoms with E-state index in [-0.39, 0.29) is 11.3 Å². The zero-order chi connectivity index (χ0) is 10.6. The van der Waals surface area contributed by atoms with E-state index >= 15 is 0 Å². The molecular formula is C9H7NO3S. The molecule has 5 heteroatoms. The van der Waals surface area contributed by atoms with Crippen LogP contribution in [0.1, 0.15) is 15.9 Å². The van der Waals surface area contributed by atoms with Crippen molar-refractivity contribution in [3.8, 4) is 11.2 Å². The summed E-state index contributed by atoms with van der Waals surface area (Å²) in [5, 5.41) is 28.1. The van der Waals surface area contributed by atoms with Gasteiger partial charge in [0, 0.05) is 5.75 Å². The van der Waals surface area contributed by atoms with E-state index in [4.69, 9.17) is 10.4 Å². The van der Waals surface area contributed by atoms with Gasteiger partial charge in [-0.1, -0.05) is 6.07 Å². The van der Waals surface area contributed by atoms with Crippen molar-refractivity contribution in [2.75, 3.05) is 0 Å². The molecule has 0 saturated heterocycles. The average molecular weight is 209 g/mol. The first-order valence-electron chi connectivity index (χ1n) is 3.71. The Balaban J connectivity index is 2.96. The number of nitriles is 1. The van der Waals surface area contributed by atoms with Crippen molar-refractivity contribution in [3.63, 3.8) is 0 Å². The maximum atomic E-state index is 10.6. The first-order chi connectivity index (χ1) is 6.65. The molecule has 0 heterocycles. The van der Waals surface area contributed by atoms with Crippen LogP contribution in [0.15, 0.2) is 18.2 Å². The third kappa shape index (κ3) is 2.41. The van der Waals surface area contributed by atoms with Gasteiger partial charge >= 0.3 is 5.97 Å². The number of carboxylic acids is 1. The van der Waals surface area contributed by atoms with E-state index in [1.54, 1.807) is 6.07 Å². The molecule has 0 bridgehead atoms.